The lowest BCUT2D eigenvalue weighted by molar-refractivity contribution is 0.0933. The Labute approximate surface area is 242 Å². The quantitative estimate of drug-likeness (QED) is 0.119. The van der Waals surface area contributed by atoms with Crippen LogP contribution < -0.4 is 0 Å². The molecule has 3 rings (SSSR count). The molecule has 1 fully saturated rings. The van der Waals surface area contributed by atoms with E-state index in [0.29, 0.717) is 19.3 Å². The molecule has 1 saturated heterocycles. The maximum atomic E-state index is 6.14. The summed E-state index contributed by atoms with van der Waals surface area (Å²) < 4.78 is 11.7. The first kappa shape index (κ1) is 31.7. The third kappa shape index (κ3) is 9.65. The van der Waals surface area contributed by atoms with E-state index in [1.807, 2.05) is 25.6 Å². The second-order valence-corrected chi connectivity index (χ2v) is 12.7. The molecule has 0 amide bonds. The summed E-state index contributed by atoms with van der Waals surface area (Å²) in [5.41, 5.74) is 1.58. The molecule has 0 spiro atoms. The van der Waals surface area contributed by atoms with Crippen molar-refractivity contribution < 1.29 is 9.47 Å². The molecule has 3 unspecified atom stereocenters. The van der Waals surface area contributed by atoms with Crippen LogP contribution in [0.1, 0.15) is 79.3 Å². The van der Waals surface area contributed by atoms with Gasteiger partial charge in [-0.1, -0.05) is 39.0 Å². The van der Waals surface area contributed by atoms with Crippen LogP contribution >= 0.6 is 11.8 Å². The third-order valence-corrected chi connectivity index (χ3v) is 9.09. The van der Waals surface area contributed by atoms with Crippen molar-refractivity contribution in [1.29, 1.82) is 0 Å². The second kappa shape index (κ2) is 15.8. The normalized spacial score (nSPS) is 24.6. The fourth-order valence-electron chi connectivity index (χ4n) is 5.78. The molecule has 2 heterocycles. The number of aliphatic imine (C=N–C) groups is 2. The minimum atomic E-state index is 0.106. The number of allylic oxidation sites excluding steroid dienone is 1. The molecule has 2 aliphatic heterocycles. The van der Waals surface area contributed by atoms with Crippen LogP contribution in [0.25, 0.3) is 0 Å². The van der Waals surface area contributed by atoms with E-state index in [4.69, 9.17) is 19.5 Å². The second-order valence-electron chi connectivity index (χ2n) is 11.4. The average molecular weight is 557 g/mol. The molecular weight excluding hydrogens is 504 g/mol. The molecule has 0 radical (unpaired) electrons. The highest BCUT2D eigenvalue weighted by Crippen LogP contribution is 2.36. The van der Waals surface area contributed by atoms with E-state index in [1.165, 1.54) is 10.5 Å². The van der Waals surface area contributed by atoms with Crippen molar-refractivity contribution in [1.82, 2.24) is 9.80 Å². The van der Waals surface area contributed by atoms with Gasteiger partial charge in [-0.2, -0.15) is 0 Å². The van der Waals surface area contributed by atoms with Gasteiger partial charge >= 0.3 is 0 Å². The van der Waals surface area contributed by atoms with Crippen molar-refractivity contribution in [3.05, 3.63) is 41.8 Å². The van der Waals surface area contributed by atoms with Gasteiger partial charge in [0.2, 0.25) is 5.88 Å². The van der Waals surface area contributed by atoms with Crippen LogP contribution in [0.15, 0.2) is 51.1 Å². The molecule has 0 saturated carbocycles. The molecule has 39 heavy (non-hydrogen) atoms. The molecule has 0 aliphatic carbocycles. The van der Waals surface area contributed by atoms with Crippen LogP contribution in [0.4, 0.5) is 0 Å². The van der Waals surface area contributed by atoms with Gasteiger partial charge in [-0.15, -0.1) is 11.8 Å². The first-order valence-corrected chi connectivity index (χ1v) is 16.0. The number of hydrogen-bond donors (Lipinski definition) is 0. The zero-order chi connectivity index (χ0) is 28.3. The first-order valence-electron chi connectivity index (χ1n) is 15.0. The summed E-state index contributed by atoms with van der Waals surface area (Å²) >= 11 is 1.95. The van der Waals surface area contributed by atoms with E-state index in [9.17, 15) is 0 Å². The van der Waals surface area contributed by atoms with E-state index in [2.05, 4.69) is 81.0 Å². The highest BCUT2D eigenvalue weighted by molar-refractivity contribution is 7.99. The zero-order valence-electron chi connectivity index (χ0n) is 25.5. The molecule has 1 aromatic rings. The Kier molecular flexibility index (Phi) is 12.9. The summed E-state index contributed by atoms with van der Waals surface area (Å²) in [6, 6.07) is 9.47. The molecular formula is C32H52N4O2S. The topological polar surface area (TPSA) is 49.7 Å². The molecule has 2 aliphatic rings. The molecule has 6 nitrogen and oxygen atoms in total. The number of rotatable bonds is 12. The summed E-state index contributed by atoms with van der Waals surface area (Å²) in [6.45, 7) is 22.2. The Morgan fingerprint density at radius 1 is 1.15 bits per heavy atom. The highest BCUT2D eigenvalue weighted by Gasteiger charge is 2.33. The van der Waals surface area contributed by atoms with Crippen molar-refractivity contribution in [3.8, 4) is 0 Å². The predicted molar refractivity (Wildman–Crippen MR) is 167 cm³/mol. The summed E-state index contributed by atoms with van der Waals surface area (Å²) in [4.78, 5) is 16.2. The van der Waals surface area contributed by atoms with Gasteiger partial charge in [-0.25, -0.2) is 4.99 Å². The van der Waals surface area contributed by atoms with E-state index in [0.717, 1.165) is 69.5 Å². The monoisotopic (exact) mass is 556 g/mol. The standard InChI is InChI=1S/C32H52N4O2S/c1-8-37-27(5)34-25(3)29-24-33-31(16-12-17-32(29,6)7)38-23-13-18-35-19-21-36(22-20-35)26(4)28-14-10-11-15-30(28)39-9-2/h10-11,14-16,24-26,29H,8-9,12-13,17-23H2,1-7H3/b31-16+,33-24-,34-27?. The van der Waals surface area contributed by atoms with Crippen molar-refractivity contribution in [2.75, 3.05) is 51.7 Å². The third-order valence-electron chi connectivity index (χ3n) is 8.12. The number of hydrogen-bond acceptors (Lipinski definition) is 7. The smallest absolute Gasteiger partial charge is 0.208 e. The Hall–Kier alpha value is -1.83. The van der Waals surface area contributed by atoms with Crippen LogP contribution in [0.3, 0.4) is 0 Å². The Morgan fingerprint density at radius 3 is 2.62 bits per heavy atom. The lowest BCUT2D eigenvalue weighted by Gasteiger charge is -2.38. The van der Waals surface area contributed by atoms with Crippen molar-refractivity contribution in [2.24, 2.45) is 21.3 Å². The van der Waals surface area contributed by atoms with Gasteiger partial charge in [0.25, 0.3) is 0 Å². The van der Waals surface area contributed by atoms with Gasteiger partial charge in [0.15, 0.2) is 5.90 Å². The number of thioether (sulfide) groups is 1. The van der Waals surface area contributed by atoms with Crippen molar-refractivity contribution in [3.63, 3.8) is 0 Å². The first-order chi connectivity index (χ1) is 18.7. The van der Waals surface area contributed by atoms with Gasteiger partial charge in [-0.05, 0) is 68.9 Å². The lowest BCUT2D eigenvalue weighted by atomic mass is 9.72. The average Bonchev–Trinajstić information content (AvgIpc) is 2.90. The van der Waals surface area contributed by atoms with Crippen LogP contribution in [0, 0.1) is 11.3 Å². The molecule has 0 bridgehead atoms. The van der Waals surface area contributed by atoms with Crippen LogP contribution in [-0.2, 0) is 9.47 Å². The summed E-state index contributed by atoms with van der Waals surface area (Å²) in [5, 5.41) is 0. The van der Waals surface area contributed by atoms with Gasteiger partial charge in [0.1, 0.15) is 0 Å². The van der Waals surface area contributed by atoms with Gasteiger partial charge in [-0.3, -0.25) is 9.89 Å². The van der Waals surface area contributed by atoms with Crippen molar-refractivity contribution >= 4 is 23.9 Å². The highest BCUT2D eigenvalue weighted by atomic mass is 32.2. The van der Waals surface area contributed by atoms with Crippen LogP contribution in [-0.4, -0.2) is 79.6 Å². The molecule has 0 aromatic heterocycles. The zero-order valence-corrected chi connectivity index (χ0v) is 26.3. The van der Waals surface area contributed by atoms with Gasteiger partial charge < -0.3 is 14.4 Å². The maximum absolute atomic E-state index is 6.14. The van der Waals surface area contributed by atoms with E-state index >= 15 is 0 Å². The molecule has 3 atom stereocenters. The molecule has 218 valence electrons. The van der Waals surface area contributed by atoms with Crippen molar-refractivity contribution in [2.45, 2.75) is 84.7 Å². The summed E-state index contributed by atoms with van der Waals surface area (Å²) in [6.07, 6.45) is 7.28. The predicted octanol–water partition coefficient (Wildman–Crippen LogP) is 7.08. The number of benzene rings is 1. The number of ether oxygens (including phenoxy) is 2. The number of piperazine rings is 1. The largest absolute Gasteiger partial charge is 0.481 e. The Bertz CT molecular complexity index is 969. The van der Waals surface area contributed by atoms with Gasteiger partial charge in [0, 0.05) is 62.7 Å². The van der Waals surface area contributed by atoms with Crippen LogP contribution in [0.2, 0.25) is 0 Å². The van der Waals surface area contributed by atoms with Gasteiger partial charge in [0.05, 0.1) is 19.3 Å². The molecule has 1 aromatic carbocycles. The molecule has 0 N–H and O–H groups in total. The summed E-state index contributed by atoms with van der Waals surface area (Å²) in [5.74, 6) is 2.85. The Balaban J connectivity index is 1.44. The minimum Gasteiger partial charge on any atom is -0.481 e. The van der Waals surface area contributed by atoms with E-state index < -0.39 is 0 Å². The lowest BCUT2D eigenvalue weighted by Crippen LogP contribution is -2.47. The van der Waals surface area contributed by atoms with Crippen LogP contribution in [0.5, 0.6) is 0 Å². The maximum Gasteiger partial charge on any atom is 0.208 e. The fourth-order valence-corrected chi connectivity index (χ4v) is 6.67. The Morgan fingerprint density at radius 2 is 1.90 bits per heavy atom. The molecule has 7 heteroatoms. The van der Waals surface area contributed by atoms with E-state index in [1.54, 1.807) is 0 Å². The minimum absolute atomic E-state index is 0.106. The summed E-state index contributed by atoms with van der Waals surface area (Å²) in [7, 11) is 0. The number of nitrogens with zero attached hydrogens (tertiary/aromatic N) is 4. The fraction of sp³-hybridized carbons (Fsp3) is 0.688. The van der Waals surface area contributed by atoms with E-state index in [-0.39, 0.29) is 17.4 Å². The SMILES string of the molecule is CCOC(C)=NC(C)C1/C=N\C(OCCCN2CCN(C(C)c3ccccc3SCC)CC2)=C/CCC1(C)C.